The van der Waals surface area contributed by atoms with Crippen LogP contribution in [0.1, 0.15) is 56.1 Å². The number of carbonyl (C=O) groups excluding carboxylic acids is 2. The third-order valence-electron chi connectivity index (χ3n) is 9.96. The molecule has 2 amide bonds. The van der Waals surface area contributed by atoms with Gasteiger partial charge in [-0.15, -0.1) is 0 Å². The molecule has 274 valence electrons. The Hall–Kier alpha value is -4.64. The number of aromatic nitrogens is 4. The highest BCUT2D eigenvalue weighted by Crippen LogP contribution is 2.42. The molecule has 2 aliphatic carbocycles. The molecule has 0 aliphatic heterocycles. The molecule has 0 spiro atoms. The first-order chi connectivity index (χ1) is 26.2. The third kappa shape index (κ3) is 6.91. The Morgan fingerprint density at radius 1 is 0.648 bits per heavy atom. The molecule has 0 unspecified atom stereocenters. The number of nitrogens with zero attached hydrogens (tertiary/aromatic N) is 5. The average molecular weight is 800 g/mol. The maximum absolute atomic E-state index is 13.5. The first-order valence-electron chi connectivity index (χ1n) is 17.7. The fourth-order valence-electron chi connectivity index (χ4n) is 7.38. The van der Waals surface area contributed by atoms with Gasteiger partial charge in [0.2, 0.25) is 0 Å². The Bertz CT molecular complexity index is 2270. The summed E-state index contributed by atoms with van der Waals surface area (Å²) in [5.74, 6) is -0.438. The number of fused-ring (bicyclic) bond motifs is 6. The van der Waals surface area contributed by atoms with Crippen molar-refractivity contribution in [3.8, 4) is 33.9 Å². The fourth-order valence-corrected chi connectivity index (χ4v) is 8.36. The van der Waals surface area contributed by atoms with Gasteiger partial charge in [-0.2, -0.15) is 10.2 Å². The number of hydrogen-bond acceptors (Lipinski definition) is 5. The zero-order valence-corrected chi connectivity index (χ0v) is 32.3. The molecule has 2 heterocycles. The molecule has 0 radical (unpaired) electrons. The van der Waals surface area contributed by atoms with Crippen LogP contribution >= 0.6 is 46.4 Å². The standard InChI is InChI=1S/C41H35Cl4N7O2/c1-50(18-6-16-46-40(53)36-30-20-24-8-2-4-10-28(24)38(30)51(48-36)34-14-12-26(42)22-32(34)44)19-7-17-47-41(54)37-31-21-25-9-3-5-11-29(25)39(31)52(49-37)35-15-13-27(43)23-33(35)45/h2-5,8-15,22-23H,6-7,16-21H2,1H3,(H,46,53)(H,47,54). The van der Waals surface area contributed by atoms with Gasteiger partial charge in [-0.25, -0.2) is 9.36 Å². The van der Waals surface area contributed by atoms with Gasteiger partial charge in [-0.05, 0) is 80.5 Å². The van der Waals surface area contributed by atoms with Gasteiger partial charge in [0.25, 0.3) is 11.8 Å². The summed E-state index contributed by atoms with van der Waals surface area (Å²) < 4.78 is 3.52. The molecule has 54 heavy (non-hydrogen) atoms. The molecular formula is C41H35Cl4N7O2. The zero-order valence-electron chi connectivity index (χ0n) is 29.3. The number of amides is 2. The molecule has 0 fully saturated rings. The number of carbonyl (C=O) groups is 2. The second-order valence-electron chi connectivity index (χ2n) is 13.6. The summed E-state index contributed by atoms with van der Waals surface area (Å²) in [7, 11) is 2.03. The van der Waals surface area contributed by atoms with Crippen LogP contribution in [-0.2, 0) is 12.8 Å². The van der Waals surface area contributed by atoms with Crippen molar-refractivity contribution in [2.75, 3.05) is 33.2 Å². The van der Waals surface area contributed by atoms with Crippen LogP contribution in [0.15, 0.2) is 84.9 Å². The molecule has 8 rings (SSSR count). The van der Waals surface area contributed by atoms with Crippen LogP contribution in [0.3, 0.4) is 0 Å². The van der Waals surface area contributed by atoms with Crippen molar-refractivity contribution >= 4 is 58.2 Å². The van der Waals surface area contributed by atoms with E-state index in [0.29, 0.717) is 68.8 Å². The van der Waals surface area contributed by atoms with E-state index in [1.165, 1.54) is 0 Å². The maximum atomic E-state index is 13.5. The second-order valence-corrected chi connectivity index (χ2v) is 15.2. The molecule has 6 aromatic rings. The summed E-state index contributed by atoms with van der Waals surface area (Å²) in [5.41, 5.74) is 9.99. The van der Waals surface area contributed by atoms with Gasteiger partial charge in [0, 0.05) is 58.2 Å². The van der Waals surface area contributed by atoms with Crippen molar-refractivity contribution in [3.63, 3.8) is 0 Å². The normalized spacial score (nSPS) is 12.4. The Morgan fingerprint density at radius 2 is 1.07 bits per heavy atom. The second kappa shape index (κ2) is 15.2. The monoisotopic (exact) mass is 797 g/mol. The summed E-state index contributed by atoms with van der Waals surface area (Å²) in [6, 6.07) is 26.7. The van der Waals surface area contributed by atoms with Gasteiger partial charge in [0.05, 0.1) is 32.8 Å². The minimum absolute atomic E-state index is 0.219. The van der Waals surface area contributed by atoms with E-state index in [-0.39, 0.29) is 11.8 Å². The summed E-state index contributed by atoms with van der Waals surface area (Å²) in [6.45, 7) is 2.52. The largest absolute Gasteiger partial charge is 0.351 e. The first-order valence-corrected chi connectivity index (χ1v) is 19.2. The number of benzene rings is 4. The van der Waals surface area contributed by atoms with Crippen molar-refractivity contribution < 1.29 is 9.59 Å². The molecule has 4 aromatic carbocycles. The summed E-state index contributed by atoms with van der Waals surface area (Å²) in [4.78, 5) is 29.2. The van der Waals surface area contributed by atoms with E-state index >= 15 is 0 Å². The van der Waals surface area contributed by atoms with Crippen molar-refractivity contribution in [2.24, 2.45) is 0 Å². The lowest BCUT2D eigenvalue weighted by Gasteiger charge is -2.16. The van der Waals surface area contributed by atoms with Gasteiger partial charge in [-0.1, -0.05) is 94.9 Å². The molecule has 0 atom stereocenters. The predicted octanol–water partition coefficient (Wildman–Crippen LogP) is 8.69. The van der Waals surface area contributed by atoms with Crippen molar-refractivity contribution in [3.05, 3.63) is 139 Å². The SMILES string of the molecule is CN(CCCNC(=O)c1nn(-c2ccc(Cl)cc2Cl)c2c1Cc1ccccc1-2)CCCNC(=O)c1nn(-c2ccc(Cl)cc2Cl)c2c1Cc1ccccc1-2. The van der Waals surface area contributed by atoms with Crippen LogP contribution in [0.4, 0.5) is 0 Å². The molecular weight excluding hydrogens is 764 g/mol. The number of halogens is 4. The highest BCUT2D eigenvalue weighted by molar-refractivity contribution is 6.36. The molecule has 13 heteroatoms. The van der Waals surface area contributed by atoms with E-state index in [4.69, 9.17) is 56.6 Å². The number of hydrogen-bond donors (Lipinski definition) is 2. The lowest BCUT2D eigenvalue weighted by molar-refractivity contribution is 0.0939. The molecule has 2 aromatic heterocycles. The Morgan fingerprint density at radius 3 is 1.50 bits per heavy atom. The minimum atomic E-state index is -0.219. The number of rotatable bonds is 12. The molecule has 0 saturated carbocycles. The van der Waals surface area contributed by atoms with E-state index in [9.17, 15) is 9.59 Å². The average Bonchev–Trinajstić information content (AvgIpc) is 3.91. The molecule has 0 saturated heterocycles. The van der Waals surface area contributed by atoms with Crippen molar-refractivity contribution in [2.45, 2.75) is 25.7 Å². The maximum Gasteiger partial charge on any atom is 0.272 e. The Balaban J connectivity index is 0.852. The van der Waals surface area contributed by atoms with Gasteiger partial charge >= 0.3 is 0 Å². The van der Waals surface area contributed by atoms with Crippen LogP contribution in [0, 0.1) is 0 Å². The molecule has 0 bridgehead atoms. The first kappa shape index (κ1) is 36.3. The zero-order chi connectivity index (χ0) is 37.5. The van der Waals surface area contributed by atoms with Crippen LogP contribution in [0.25, 0.3) is 33.9 Å². The van der Waals surface area contributed by atoms with E-state index < -0.39 is 0 Å². The van der Waals surface area contributed by atoms with Crippen LogP contribution in [0.2, 0.25) is 20.1 Å². The molecule has 2 N–H and O–H groups in total. The lowest BCUT2D eigenvalue weighted by atomic mass is 10.1. The third-order valence-corrected chi connectivity index (χ3v) is 11.0. The Labute approximate surface area is 332 Å². The van der Waals surface area contributed by atoms with Crippen LogP contribution in [0.5, 0.6) is 0 Å². The summed E-state index contributed by atoms with van der Waals surface area (Å²) in [5, 5.41) is 17.6. The molecule has 9 nitrogen and oxygen atoms in total. The van der Waals surface area contributed by atoms with Gasteiger partial charge < -0.3 is 15.5 Å². The summed E-state index contributed by atoms with van der Waals surface area (Å²) in [6.07, 6.45) is 2.73. The van der Waals surface area contributed by atoms with Crippen molar-refractivity contribution in [1.82, 2.24) is 35.1 Å². The van der Waals surface area contributed by atoms with E-state index in [0.717, 1.165) is 70.7 Å². The van der Waals surface area contributed by atoms with Crippen molar-refractivity contribution in [1.29, 1.82) is 0 Å². The van der Waals surface area contributed by atoms with E-state index in [1.54, 1.807) is 33.6 Å². The van der Waals surface area contributed by atoms with E-state index in [1.807, 2.05) is 55.6 Å². The molecule has 2 aliphatic rings. The highest BCUT2D eigenvalue weighted by Gasteiger charge is 2.33. The number of nitrogens with one attached hydrogen (secondary N) is 2. The smallest absolute Gasteiger partial charge is 0.272 e. The highest BCUT2D eigenvalue weighted by atomic mass is 35.5. The van der Waals surface area contributed by atoms with E-state index in [2.05, 4.69) is 27.7 Å². The predicted molar refractivity (Wildman–Crippen MR) is 215 cm³/mol. The van der Waals surface area contributed by atoms with Gasteiger partial charge in [-0.3, -0.25) is 9.59 Å². The van der Waals surface area contributed by atoms with Crippen LogP contribution in [-0.4, -0.2) is 69.5 Å². The Kier molecular flexibility index (Phi) is 10.3. The fraction of sp³-hybridized carbons (Fsp3) is 0.220. The van der Waals surface area contributed by atoms with Crippen LogP contribution < -0.4 is 10.6 Å². The quantitative estimate of drug-likeness (QED) is 0.121. The topological polar surface area (TPSA) is 97.1 Å². The lowest BCUT2D eigenvalue weighted by Crippen LogP contribution is -2.31. The minimum Gasteiger partial charge on any atom is -0.351 e. The van der Waals surface area contributed by atoms with Gasteiger partial charge in [0.1, 0.15) is 0 Å². The van der Waals surface area contributed by atoms with Gasteiger partial charge in [0.15, 0.2) is 11.4 Å². The summed E-state index contributed by atoms with van der Waals surface area (Å²) >= 11 is 25.5.